The smallest absolute Gasteiger partial charge is 0.0669 e. The van der Waals surface area contributed by atoms with Crippen LogP contribution in [-0.4, -0.2) is 13.1 Å². The van der Waals surface area contributed by atoms with Crippen molar-refractivity contribution in [2.75, 3.05) is 18.0 Å². The molecule has 2 heteroatoms. The van der Waals surface area contributed by atoms with Crippen LogP contribution in [0.4, 0.5) is 5.69 Å². The molecule has 0 radical (unpaired) electrons. The molecule has 1 heterocycles. The third-order valence-corrected chi connectivity index (χ3v) is 4.14. The van der Waals surface area contributed by atoms with Crippen molar-refractivity contribution in [2.24, 2.45) is 5.41 Å². The molecule has 1 aliphatic heterocycles. The van der Waals surface area contributed by atoms with Crippen LogP contribution in [-0.2, 0) is 6.42 Å². The Hall–Kier alpha value is -1.49. The number of anilines is 1. The Bertz CT molecular complexity index is 402. The monoisotopic (exact) mass is 228 g/mol. The van der Waals surface area contributed by atoms with Gasteiger partial charge in [-0.25, -0.2) is 0 Å². The van der Waals surface area contributed by atoms with Crippen LogP contribution in [0.1, 0.15) is 32.3 Å². The van der Waals surface area contributed by atoms with Crippen molar-refractivity contribution >= 4 is 5.69 Å². The Kier molecular flexibility index (Phi) is 3.38. The number of rotatable bonds is 4. The minimum Gasteiger partial charge on any atom is -0.370 e. The van der Waals surface area contributed by atoms with Crippen LogP contribution < -0.4 is 4.90 Å². The molecule has 1 saturated heterocycles. The zero-order chi connectivity index (χ0) is 12.3. The Morgan fingerprint density at radius 2 is 1.76 bits per heavy atom. The molecule has 1 aliphatic rings. The Morgan fingerprint density at radius 3 is 2.24 bits per heavy atom. The first-order valence-electron chi connectivity index (χ1n) is 6.44. The topological polar surface area (TPSA) is 27.0 Å². The van der Waals surface area contributed by atoms with Crippen LogP contribution in [0.3, 0.4) is 0 Å². The maximum absolute atomic E-state index is 8.63. The highest BCUT2D eigenvalue weighted by Gasteiger charge is 2.39. The van der Waals surface area contributed by atoms with Gasteiger partial charge in [0.25, 0.3) is 0 Å². The highest BCUT2D eigenvalue weighted by Crippen LogP contribution is 2.39. The molecule has 17 heavy (non-hydrogen) atoms. The van der Waals surface area contributed by atoms with E-state index in [-0.39, 0.29) is 0 Å². The van der Waals surface area contributed by atoms with Gasteiger partial charge < -0.3 is 4.90 Å². The summed E-state index contributed by atoms with van der Waals surface area (Å²) in [7, 11) is 0. The number of hydrogen-bond acceptors (Lipinski definition) is 2. The minimum absolute atomic E-state index is 0.508. The van der Waals surface area contributed by atoms with Gasteiger partial charge in [0, 0.05) is 24.2 Å². The lowest BCUT2D eigenvalue weighted by Gasteiger charge is -2.51. The molecule has 0 bridgehead atoms. The Labute approximate surface area is 104 Å². The fourth-order valence-corrected chi connectivity index (χ4v) is 2.56. The van der Waals surface area contributed by atoms with Crippen LogP contribution in [0.25, 0.3) is 0 Å². The van der Waals surface area contributed by atoms with Crippen molar-refractivity contribution in [1.29, 1.82) is 5.26 Å². The van der Waals surface area contributed by atoms with Crippen LogP contribution in [0.5, 0.6) is 0 Å². The molecular formula is C15H20N2. The van der Waals surface area contributed by atoms with Gasteiger partial charge in [-0.15, -0.1) is 0 Å². The van der Waals surface area contributed by atoms with Gasteiger partial charge in [0.2, 0.25) is 0 Å². The molecule has 1 aromatic carbocycles. The molecule has 0 spiro atoms. The number of nitriles is 1. The highest BCUT2D eigenvalue weighted by atomic mass is 15.2. The summed E-state index contributed by atoms with van der Waals surface area (Å²) >= 11 is 0. The summed E-state index contributed by atoms with van der Waals surface area (Å²) in [5, 5.41) is 8.63. The first-order valence-corrected chi connectivity index (χ1v) is 6.44. The van der Waals surface area contributed by atoms with Crippen molar-refractivity contribution in [2.45, 2.75) is 33.1 Å². The third kappa shape index (κ3) is 2.29. The van der Waals surface area contributed by atoms with E-state index in [1.165, 1.54) is 31.6 Å². The fraction of sp³-hybridized carbons (Fsp3) is 0.533. The Morgan fingerprint density at radius 1 is 1.18 bits per heavy atom. The van der Waals surface area contributed by atoms with E-state index >= 15 is 0 Å². The predicted molar refractivity (Wildman–Crippen MR) is 71.0 cm³/mol. The van der Waals surface area contributed by atoms with E-state index in [9.17, 15) is 0 Å². The van der Waals surface area contributed by atoms with Gasteiger partial charge in [0.15, 0.2) is 0 Å². The zero-order valence-corrected chi connectivity index (χ0v) is 10.7. The van der Waals surface area contributed by atoms with E-state index in [0.717, 1.165) is 5.56 Å². The van der Waals surface area contributed by atoms with Crippen LogP contribution in [0.15, 0.2) is 24.3 Å². The molecule has 0 N–H and O–H groups in total. The molecule has 0 saturated carbocycles. The first kappa shape index (κ1) is 12.0. The lowest BCUT2D eigenvalue weighted by Crippen LogP contribution is -2.55. The fourth-order valence-electron chi connectivity index (χ4n) is 2.56. The van der Waals surface area contributed by atoms with E-state index in [1.54, 1.807) is 0 Å². The van der Waals surface area contributed by atoms with Gasteiger partial charge in [0.05, 0.1) is 12.5 Å². The maximum atomic E-state index is 8.63. The van der Waals surface area contributed by atoms with Crippen LogP contribution >= 0.6 is 0 Å². The third-order valence-electron chi connectivity index (χ3n) is 4.14. The van der Waals surface area contributed by atoms with E-state index in [2.05, 4.69) is 49.1 Å². The van der Waals surface area contributed by atoms with E-state index in [4.69, 9.17) is 5.26 Å². The molecule has 1 fully saturated rings. The largest absolute Gasteiger partial charge is 0.370 e. The van der Waals surface area contributed by atoms with Crippen LogP contribution in [0, 0.1) is 16.7 Å². The maximum Gasteiger partial charge on any atom is 0.0669 e. The number of hydrogen-bond donors (Lipinski definition) is 0. The standard InChI is InChI=1S/C15H20N2/c1-3-15(4-2)11-17(12-15)14-7-5-13(6-8-14)9-10-16/h5-8H,3-4,9,11-12H2,1-2H3. The molecule has 2 rings (SSSR count). The van der Waals surface area contributed by atoms with Gasteiger partial charge in [0.1, 0.15) is 0 Å². The van der Waals surface area contributed by atoms with Crippen LogP contribution in [0.2, 0.25) is 0 Å². The van der Waals surface area contributed by atoms with Crippen molar-refractivity contribution in [3.8, 4) is 6.07 Å². The number of benzene rings is 1. The molecule has 1 aromatic rings. The molecule has 0 aliphatic carbocycles. The van der Waals surface area contributed by atoms with Gasteiger partial charge in [-0.05, 0) is 30.5 Å². The molecule has 2 nitrogen and oxygen atoms in total. The lowest BCUT2D eigenvalue weighted by molar-refractivity contribution is 0.194. The quantitative estimate of drug-likeness (QED) is 0.790. The second-order valence-corrected chi connectivity index (χ2v) is 5.06. The van der Waals surface area contributed by atoms with Gasteiger partial charge in [-0.1, -0.05) is 26.0 Å². The molecule has 0 atom stereocenters. The average molecular weight is 228 g/mol. The highest BCUT2D eigenvalue weighted by molar-refractivity contribution is 5.51. The molecule has 0 amide bonds. The molecule has 0 unspecified atom stereocenters. The second kappa shape index (κ2) is 4.79. The summed E-state index contributed by atoms with van der Waals surface area (Å²) in [6, 6.07) is 10.6. The second-order valence-electron chi connectivity index (χ2n) is 5.06. The zero-order valence-electron chi connectivity index (χ0n) is 10.7. The summed E-state index contributed by atoms with van der Waals surface area (Å²) in [6.45, 7) is 6.93. The van der Waals surface area contributed by atoms with E-state index < -0.39 is 0 Å². The van der Waals surface area contributed by atoms with Crippen molar-refractivity contribution in [1.82, 2.24) is 0 Å². The molecule has 0 aromatic heterocycles. The summed E-state index contributed by atoms with van der Waals surface area (Å²) < 4.78 is 0. The van der Waals surface area contributed by atoms with Crippen molar-refractivity contribution in [3.63, 3.8) is 0 Å². The van der Waals surface area contributed by atoms with E-state index in [1.807, 2.05) is 0 Å². The normalized spacial score (nSPS) is 17.4. The van der Waals surface area contributed by atoms with Gasteiger partial charge >= 0.3 is 0 Å². The summed E-state index contributed by atoms with van der Waals surface area (Å²) in [5.74, 6) is 0. The minimum atomic E-state index is 0.508. The summed E-state index contributed by atoms with van der Waals surface area (Å²) in [5.41, 5.74) is 2.95. The van der Waals surface area contributed by atoms with Gasteiger partial charge in [-0.2, -0.15) is 5.26 Å². The van der Waals surface area contributed by atoms with Gasteiger partial charge in [-0.3, -0.25) is 0 Å². The SMILES string of the molecule is CCC1(CC)CN(c2ccc(CC#N)cc2)C1. The molecule has 90 valence electrons. The first-order chi connectivity index (χ1) is 8.23. The predicted octanol–water partition coefficient (Wildman–Crippen LogP) is 3.38. The van der Waals surface area contributed by atoms with E-state index in [0.29, 0.717) is 11.8 Å². The number of nitrogens with zero attached hydrogens (tertiary/aromatic N) is 2. The molecular weight excluding hydrogens is 208 g/mol. The average Bonchev–Trinajstić information content (AvgIpc) is 2.31. The Balaban J connectivity index is 2.00. The summed E-state index contributed by atoms with van der Waals surface area (Å²) in [6.07, 6.45) is 3.05. The lowest BCUT2D eigenvalue weighted by atomic mass is 9.75. The van der Waals surface area contributed by atoms with Crippen molar-refractivity contribution < 1.29 is 0 Å². The van der Waals surface area contributed by atoms with Crippen molar-refractivity contribution in [3.05, 3.63) is 29.8 Å². The summed E-state index contributed by atoms with van der Waals surface area (Å²) in [4.78, 5) is 2.43.